The molecule has 19 heavy (non-hydrogen) atoms. The third kappa shape index (κ3) is 4.71. The van der Waals surface area contributed by atoms with Crippen LogP contribution < -0.4 is 5.32 Å². The molecule has 2 atom stereocenters. The lowest BCUT2D eigenvalue weighted by molar-refractivity contribution is 0.152. The second-order valence-electron chi connectivity index (χ2n) is 6.08. The van der Waals surface area contributed by atoms with Gasteiger partial charge in [-0.25, -0.2) is 0 Å². The van der Waals surface area contributed by atoms with Gasteiger partial charge in [0.25, 0.3) is 0 Å². The van der Waals surface area contributed by atoms with Gasteiger partial charge in [0, 0.05) is 45.4 Å². The molecule has 1 N–H and O–H groups in total. The lowest BCUT2D eigenvalue weighted by Crippen LogP contribution is -2.44. The van der Waals surface area contributed by atoms with Crippen LogP contribution in [0.3, 0.4) is 0 Å². The molecule has 4 nitrogen and oxygen atoms in total. The van der Waals surface area contributed by atoms with Crippen molar-refractivity contribution < 1.29 is 4.74 Å². The zero-order chi connectivity index (χ0) is 13.5. The minimum absolute atomic E-state index is 0.645. The van der Waals surface area contributed by atoms with Crippen LogP contribution in [0.5, 0.6) is 0 Å². The van der Waals surface area contributed by atoms with Crippen molar-refractivity contribution in [3.8, 4) is 0 Å². The molecule has 0 aliphatic carbocycles. The SMILES string of the molecule is COCCNCC(C)N1CCC(N2CCCCC2)C1. The normalized spacial score (nSPS) is 27.8. The fourth-order valence-electron chi connectivity index (χ4n) is 3.36. The van der Waals surface area contributed by atoms with E-state index in [2.05, 4.69) is 22.0 Å². The summed E-state index contributed by atoms with van der Waals surface area (Å²) in [5, 5.41) is 3.48. The maximum atomic E-state index is 5.06. The zero-order valence-electron chi connectivity index (χ0n) is 12.7. The monoisotopic (exact) mass is 269 g/mol. The first-order valence-electron chi connectivity index (χ1n) is 7.99. The summed E-state index contributed by atoms with van der Waals surface area (Å²) in [6.07, 6.45) is 5.62. The van der Waals surface area contributed by atoms with Crippen LogP contribution in [-0.2, 0) is 4.74 Å². The molecule has 0 aromatic heterocycles. The molecular weight excluding hydrogens is 238 g/mol. The number of nitrogens with one attached hydrogen (secondary N) is 1. The molecule has 2 saturated heterocycles. The van der Waals surface area contributed by atoms with Gasteiger partial charge in [-0.15, -0.1) is 0 Å². The first-order chi connectivity index (χ1) is 9.31. The van der Waals surface area contributed by atoms with Crippen LogP contribution in [0.15, 0.2) is 0 Å². The topological polar surface area (TPSA) is 27.7 Å². The molecule has 4 heteroatoms. The molecule has 2 aliphatic rings. The molecule has 2 fully saturated rings. The largest absolute Gasteiger partial charge is 0.383 e. The minimum atomic E-state index is 0.645. The summed E-state index contributed by atoms with van der Waals surface area (Å²) in [4.78, 5) is 5.38. The molecule has 2 unspecified atom stereocenters. The van der Waals surface area contributed by atoms with Gasteiger partial charge in [0.1, 0.15) is 0 Å². The van der Waals surface area contributed by atoms with Crippen LogP contribution in [0.25, 0.3) is 0 Å². The van der Waals surface area contributed by atoms with Crippen molar-refractivity contribution in [3.05, 3.63) is 0 Å². The van der Waals surface area contributed by atoms with Crippen LogP contribution in [0.2, 0.25) is 0 Å². The van der Waals surface area contributed by atoms with Gasteiger partial charge in [-0.05, 0) is 39.3 Å². The van der Waals surface area contributed by atoms with Crippen molar-refractivity contribution in [2.75, 3.05) is 53.0 Å². The van der Waals surface area contributed by atoms with E-state index in [4.69, 9.17) is 4.74 Å². The summed E-state index contributed by atoms with van der Waals surface area (Å²) in [6, 6.07) is 1.47. The van der Waals surface area contributed by atoms with Gasteiger partial charge in [0.15, 0.2) is 0 Å². The quantitative estimate of drug-likeness (QED) is 0.702. The highest BCUT2D eigenvalue weighted by atomic mass is 16.5. The van der Waals surface area contributed by atoms with Gasteiger partial charge in [-0.1, -0.05) is 6.42 Å². The standard InChI is InChI=1S/C15H31N3O/c1-14(12-16-7-11-19-2)18-10-6-15(13-18)17-8-4-3-5-9-17/h14-16H,3-13H2,1-2H3. The molecule has 0 spiro atoms. The molecule has 0 aromatic rings. The molecule has 0 radical (unpaired) electrons. The van der Waals surface area contributed by atoms with Crippen molar-refractivity contribution >= 4 is 0 Å². The van der Waals surface area contributed by atoms with Crippen molar-refractivity contribution in [1.82, 2.24) is 15.1 Å². The predicted octanol–water partition coefficient (Wildman–Crippen LogP) is 1.17. The van der Waals surface area contributed by atoms with Crippen molar-refractivity contribution in [1.29, 1.82) is 0 Å². The Morgan fingerprint density at radius 1 is 1.21 bits per heavy atom. The lowest BCUT2D eigenvalue weighted by atomic mass is 10.1. The zero-order valence-corrected chi connectivity index (χ0v) is 12.7. The Morgan fingerprint density at radius 2 is 2.00 bits per heavy atom. The minimum Gasteiger partial charge on any atom is -0.383 e. The molecule has 2 aliphatic heterocycles. The number of piperidine rings is 1. The Bertz CT molecular complexity index is 244. The molecule has 0 saturated carbocycles. The van der Waals surface area contributed by atoms with Crippen molar-refractivity contribution in [3.63, 3.8) is 0 Å². The molecule has 0 amide bonds. The summed E-state index contributed by atoms with van der Waals surface area (Å²) in [5.74, 6) is 0. The Labute approximate surface area is 118 Å². The molecule has 2 heterocycles. The summed E-state index contributed by atoms with van der Waals surface area (Å²) < 4.78 is 5.06. The average molecular weight is 269 g/mol. The highest BCUT2D eigenvalue weighted by molar-refractivity contribution is 4.87. The Balaban J connectivity index is 1.65. The maximum absolute atomic E-state index is 5.06. The van der Waals surface area contributed by atoms with Crippen LogP contribution in [0.4, 0.5) is 0 Å². The van der Waals surface area contributed by atoms with E-state index in [1.54, 1.807) is 7.11 Å². The van der Waals surface area contributed by atoms with E-state index >= 15 is 0 Å². The van der Waals surface area contributed by atoms with E-state index in [9.17, 15) is 0 Å². The number of hydrogen-bond acceptors (Lipinski definition) is 4. The summed E-state index contributed by atoms with van der Waals surface area (Å²) >= 11 is 0. The van der Waals surface area contributed by atoms with E-state index in [0.29, 0.717) is 6.04 Å². The molecular formula is C15H31N3O. The third-order valence-corrected chi connectivity index (χ3v) is 4.65. The number of rotatable bonds is 7. The van der Waals surface area contributed by atoms with Gasteiger partial charge in [-0.3, -0.25) is 9.80 Å². The fraction of sp³-hybridized carbons (Fsp3) is 1.00. The first kappa shape index (κ1) is 15.2. The Kier molecular flexibility index (Phi) is 6.57. The first-order valence-corrected chi connectivity index (χ1v) is 7.99. The molecule has 2 rings (SSSR count). The number of likely N-dealkylation sites (tertiary alicyclic amines) is 2. The number of methoxy groups -OCH3 is 1. The van der Waals surface area contributed by atoms with Crippen LogP contribution in [-0.4, -0.2) is 74.9 Å². The van der Waals surface area contributed by atoms with E-state index in [1.807, 2.05) is 0 Å². The Hall–Kier alpha value is -0.160. The fourth-order valence-corrected chi connectivity index (χ4v) is 3.36. The number of ether oxygens (including phenoxy) is 1. The van der Waals surface area contributed by atoms with Crippen LogP contribution >= 0.6 is 0 Å². The van der Waals surface area contributed by atoms with Crippen LogP contribution in [0, 0.1) is 0 Å². The van der Waals surface area contributed by atoms with E-state index in [0.717, 1.165) is 25.7 Å². The second-order valence-corrected chi connectivity index (χ2v) is 6.08. The van der Waals surface area contributed by atoms with Crippen molar-refractivity contribution in [2.45, 2.75) is 44.7 Å². The smallest absolute Gasteiger partial charge is 0.0587 e. The van der Waals surface area contributed by atoms with E-state index in [1.165, 1.54) is 51.9 Å². The molecule has 112 valence electrons. The lowest BCUT2D eigenvalue weighted by Gasteiger charge is -2.33. The van der Waals surface area contributed by atoms with Gasteiger partial charge in [-0.2, -0.15) is 0 Å². The summed E-state index contributed by atoms with van der Waals surface area (Å²) in [6.45, 7) is 10.4. The molecule has 0 aromatic carbocycles. The maximum Gasteiger partial charge on any atom is 0.0587 e. The Morgan fingerprint density at radius 3 is 2.74 bits per heavy atom. The van der Waals surface area contributed by atoms with Gasteiger partial charge in [0.2, 0.25) is 0 Å². The summed E-state index contributed by atoms with van der Waals surface area (Å²) in [5.41, 5.74) is 0. The van der Waals surface area contributed by atoms with Crippen LogP contribution in [0.1, 0.15) is 32.6 Å². The highest BCUT2D eigenvalue weighted by Crippen LogP contribution is 2.21. The predicted molar refractivity (Wildman–Crippen MR) is 79.6 cm³/mol. The van der Waals surface area contributed by atoms with Crippen molar-refractivity contribution in [2.24, 2.45) is 0 Å². The highest BCUT2D eigenvalue weighted by Gasteiger charge is 2.30. The number of nitrogens with zero attached hydrogens (tertiary/aromatic N) is 2. The third-order valence-electron chi connectivity index (χ3n) is 4.65. The van der Waals surface area contributed by atoms with Gasteiger partial charge >= 0.3 is 0 Å². The van der Waals surface area contributed by atoms with E-state index in [-0.39, 0.29) is 0 Å². The van der Waals surface area contributed by atoms with E-state index < -0.39 is 0 Å². The average Bonchev–Trinajstić information content (AvgIpc) is 2.94. The van der Waals surface area contributed by atoms with Gasteiger partial charge < -0.3 is 10.1 Å². The summed E-state index contributed by atoms with van der Waals surface area (Å²) in [7, 11) is 1.76. The number of hydrogen-bond donors (Lipinski definition) is 1. The second kappa shape index (κ2) is 8.20. The molecule has 0 bridgehead atoms. The van der Waals surface area contributed by atoms with Gasteiger partial charge in [0.05, 0.1) is 6.61 Å².